The molecule has 1 amide bonds. The normalized spacial score (nSPS) is 24.2. The number of nitrogens with zero attached hydrogens (tertiary/aromatic N) is 3. The molecule has 7 nitrogen and oxygen atoms in total. The van der Waals surface area contributed by atoms with Crippen LogP contribution in [0, 0.1) is 0 Å². The standard InChI is InChI=1S/C15H23N3O4S/c1-23(20,21)18-6-2-5-14(18)15(19)17-9-7-16(8-10-17)12-13-4-3-11-22-13/h3-4,11,14H,2,5-10,12H2,1H3/t14-/m1/s1. The van der Waals surface area contributed by atoms with Crippen LogP contribution < -0.4 is 0 Å². The van der Waals surface area contributed by atoms with E-state index in [0.717, 1.165) is 31.8 Å². The summed E-state index contributed by atoms with van der Waals surface area (Å²) in [7, 11) is -3.32. The van der Waals surface area contributed by atoms with Crippen LogP contribution in [0.3, 0.4) is 0 Å². The van der Waals surface area contributed by atoms with Gasteiger partial charge in [0, 0.05) is 32.7 Å². The van der Waals surface area contributed by atoms with Crippen molar-refractivity contribution >= 4 is 15.9 Å². The molecule has 3 heterocycles. The Morgan fingerprint density at radius 1 is 1.26 bits per heavy atom. The van der Waals surface area contributed by atoms with Gasteiger partial charge in [-0.2, -0.15) is 4.31 Å². The first-order chi connectivity index (χ1) is 10.9. The van der Waals surface area contributed by atoms with Crippen LogP contribution in [0.25, 0.3) is 0 Å². The molecule has 0 aromatic carbocycles. The fourth-order valence-corrected chi connectivity index (χ4v) is 4.46. The molecule has 2 saturated heterocycles. The number of carbonyl (C=O) groups excluding carboxylic acids is 1. The minimum atomic E-state index is -3.32. The van der Waals surface area contributed by atoms with E-state index in [1.807, 2.05) is 12.1 Å². The zero-order valence-corrected chi connectivity index (χ0v) is 14.2. The summed E-state index contributed by atoms with van der Waals surface area (Å²) < 4.78 is 30.3. The van der Waals surface area contributed by atoms with E-state index in [-0.39, 0.29) is 5.91 Å². The zero-order chi connectivity index (χ0) is 16.4. The van der Waals surface area contributed by atoms with Crippen molar-refractivity contribution in [3.05, 3.63) is 24.2 Å². The molecule has 0 aliphatic carbocycles. The van der Waals surface area contributed by atoms with Crippen molar-refractivity contribution in [1.82, 2.24) is 14.1 Å². The number of carbonyl (C=O) groups is 1. The third-order valence-electron chi connectivity index (χ3n) is 4.56. The highest BCUT2D eigenvalue weighted by atomic mass is 32.2. The van der Waals surface area contributed by atoms with Gasteiger partial charge >= 0.3 is 0 Å². The molecule has 0 N–H and O–H groups in total. The first-order valence-corrected chi connectivity index (χ1v) is 9.80. The predicted octanol–water partition coefficient (Wildman–Crippen LogP) is 0.348. The van der Waals surface area contributed by atoms with Crippen molar-refractivity contribution in [2.75, 3.05) is 39.0 Å². The van der Waals surface area contributed by atoms with E-state index in [0.29, 0.717) is 26.1 Å². The van der Waals surface area contributed by atoms with Gasteiger partial charge in [0.1, 0.15) is 11.8 Å². The summed E-state index contributed by atoms with van der Waals surface area (Å²) in [4.78, 5) is 16.7. The first kappa shape index (κ1) is 16.5. The molecule has 3 rings (SSSR count). The molecule has 23 heavy (non-hydrogen) atoms. The van der Waals surface area contributed by atoms with Gasteiger partial charge in [-0.25, -0.2) is 8.42 Å². The Labute approximate surface area is 136 Å². The van der Waals surface area contributed by atoms with Gasteiger partial charge in [0.15, 0.2) is 0 Å². The molecule has 8 heteroatoms. The van der Waals surface area contributed by atoms with Gasteiger partial charge in [-0.3, -0.25) is 9.69 Å². The average molecular weight is 341 g/mol. The van der Waals surface area contributed by atoms with Crippen LogP contribution in [0.15, 0.2) is 22.8 Å². The first-order valence-electron chi connectivity index (χ1n) is 7.95. The van der Waals surface area contributed by atoms with E-state index in [2.05, 4.69) is 4.90 Å². The number of hydrogen-bond donors (Lipinski definition) is 0. The zero-order valence-electron chi connectivity index (χ0n) is 13.3. The second-order valence-corrected chi connectivity index (χ2v) is 8.15. The summed E-state index contributed by atoms with van der Waals surface area (Å²) in [5.41, 5.74) is 0. The minimum Gasteiger partial charge on any atom is -0.468 e. The molecular weight excluding hydrogens is 318 g/mol. The smallest absolute Gasteiger partial charge is 0.241 e. The SMILES string of the molecule is CS(=O)(=O)N1CCC[C@@H]1C(=O)N1CCN(Cc2ccco2)CC1. The lowest BCUT2D eigenvalue weighted by Crippen LogP contribution is -2.54. The molecule has 0 radical (unpaired) electrons. The van der Waals surface area contributed by atoms with Crippen LogP contribution in [0.4, 0.5) is 0 Å². The summed E-state index contributed by atoms with van der Waals surface area (Å²) in [6.07, 6.45) is 4.22. The maximum absolute atomic E-state index is 12.7. The highest BCUT2D eigenvalue weighted by Gasteiger charge is 2.39. The molecule has 0 saturated carbocycles. The van der Waals surface area contributed by atoms with Crippen molar-refractivity contribution in [1.29, 1.82) is 0 Å². The van der Waals surface area contributed by atoms with Crippen LogP contribution in [0.2, 0.25) is 0 Å². The van der Waals surface area contributed by atoms with Crippen molar-refractivity contribution in [3.8, 4) is 0 Å². The summed E-state index contributed by atoms with van der Waals surface area (Å²) in [6.45, 7) is 4.01. The predicted molar refractivity (Wildman–Crippen MR) is 85.1 cm³/mol. The maximum atomic E-state index is 12.7. The van der Waals surface area contributed by atoms with Crippen molar-refractivity contribution in [2.24, 2.45) is 0 Å². The summed E-state index contributed by atoms with van der Waals surface area (Å²) in [6, 6.07) is 3.30. The molecule has 1 aromatic heterocycles. The topological polar surface area (TPSA) is 74.1 Å². The summed E-state index contributed by atoms with van der Waals surface area (Å²) in [5, 5.41) is 0. The largest absolute Gasteiger partial charge is 0.468 e. The van der Waals surface area contributed by atoms with E-state index < -0.39 is 16.1 Å². The van der Waals surface area contributed by atoms with Gasteiger partial charge in [0.2, 0.25) is 15.9 Å². The summed E-state index contributed by atoms with van der Waals surface area (Å²) >= 11 is 0. The van der Waals surface area contributed by atoms with E-state index >= 15 is 0 Å². The second-order valence-electron chi connectivity index (χ2n) is 6.21. The van der Waals surface area contributed by atoms with E-state index in [1.54, 1.807) is 11.2 Å². The number of piperazine rings is 1. The van der Waals surface area contributed by atoms with E-state index in [4.69, 9.17) is 4.42 Å². The van der Waals surface area contributed by atoms with Crippen LogP contribution >= 0.6 is 0 Å². The molecule has 1 aromatic rings. The fourth-order valence-electron chi connectivity index (χ4n) is 3.34. The van der Waals surface area contributed by atoms with Gasteiger partial charge in [-0.05, 0) is 25.0 Å². The number of furan rings is 1. The lowest BCUT2D eigenvalue weighted by Gasteiger charge is -2.36. The van der Waals surface area contributed by atoms with Crippen LogP contribution in [0.1, 0.15) is 18.6 Å². The van der Waals surface area contributed by atoms with Crippen molar-refractivity contribution in [2.45, 2.75) is 25.4 Å². The Morgan fingerprint density at radius 2 is 2.00 bits per heavy atom. The van der Waals surface area contributed by atoms with E-state index in [9.17, 15) is 13.2 Å². The molecule has 2 fully saturated rings. The Balaban J connectivity index is 1.56. The highest BCUT2D eigenvalue weighted by Crippen LogP contribution is 2.23. The van der Waals surface area contributed by atoms with Gasteiger partial charge in [0.05, 0.1) is 19.1 Å². The number of amides is 1. The average Bonchev–Trinajstić information content (AvgIpc) is 3.18. The second kappa shape index (κ2) is 6.62. The number of rotatable bonds is 4. The lowest BCUT2D eigenvalue weighted by molar-refractivity contribution is -0.136. The molecule has 0 unspecified atom stereocenters. The van der Waals surface area contributed by atoms with E-state index in [1.165, 1.54) is 10.6 Å². The van der Waals surface area contributed by atoms with Crippen LogP contribution in [-0.4, -0.2) is 73.5 Å². The van der Waals surface area contributed by atoms with Gasteiger partial charge in [-0.1, -0.05) is 0 Å². The van der Waals surface area contributed by atoms with Crippen LogP contribution in [-0.2, 0) is 21.4 Å². The minimum absolute atomic E-state index is 0.0504. The Morgan fingerprint density at radius 3 is 2.61 bits per heavy atom. The van der Waals surface area contributed by atoms with Gasteiger partial charge in [0.25, 0.3) is 0 Å². The quantitative estimate of drug-likeness (QED) is 0.790. The Hall–Kier alpha value is -1.38. The van der Waals surface area contributed by atoms with Crippen molar-refractivity contribution in [3.63, 3.8) is 0 Å². The van der Waals surface area contributed by atoms with Gasteiger partial charge < -0.3 is 9.32 Å². The molecule has 2 aliphatic rings. The Kier molecular flexibility index (Phi) is 4.74. The summed E-state index contributed by atoms with van der Waals surface area (Å²) in [5.74, 6) is 0.870. The van der Waals surface area contributed by atoms with Crippen LogP contribution in [0.5, 0.6) is 0 Å². The Bertz CT molecular complexity index is 636. The fraction of sp³-hybridized carbons (Fsp3) is 0.667. The highest BCUT2D eigenvalue weighted by molar-refractivity contribution is 7.88. The lowest BCUT2D eigenvalue weighted by atomic mass is 10.2. The number of sulfonamides is 1. The molecule has 128 valence electrons. The monoisotopic (exact) mass is 341 g/mol. The third kappa shape index (κ3) is 3.76. The molecular formula is C15H23N3O4S. The maximum Gasteiger partial charge on any atom is 0.241 e. The van der Waals surface area contributed by atoms with Crippen molar-refractivity contribution < 1.29 is 17.6 Å². The number of hydrogen-bond acceptors (Lipinski definition) is 5. The molecule has 1 atom stereocenters. The molecule has 2 aliphatic heterocycles. The van der Waals surface area contributed by atoms with Gasteiger partial charge in [-0.15, -0.1) is 0 Å². The molecule has 0 spiro atoms. The molecule has 0 bridgehead atoms. The third-order valence-corrected chi connectivity index (χ3v) is 5.85.